The van der Waals surface area contributed by atoms with Gasteiger partial charge in [-0.15, -0.1) is 0 Å². The van der Waals surface area contributed by atoms with Gasteiger partial charge in [-0.05, 0) is 58.0 Å². The second-order valence-corrected chi connectivity index (χ2v) is 14.5. The third kappa shape index (κ3) is 12.4. The molecule has 20 heteroatoms. The zero-order valence-electron chi connectivity index (χ0n) is 34.1. The molecule has 0 aromatic carbocycles. The number of nitrogens with two attached hydrogens (primary N) is 1. The quantitative estimate of drug-likeness (QED) is 0.0606. The van der Waals surface area contributed by atoms with E-state index in [1.165, 1.54) is 54.8 Å². The lowest BCUT2D eigenvalue weighted by atomic mass is 10.2. The minimum atomic E-state index is -0.979. The van der Waals surface area contributed by atoms with Crippen molar-refractivity contribution in [1.82, 2.24) is 28.9 Å². The molecule has 0 aliphatic heterocycles. The Morgan fingerprint density at radius 3 is 1.66 bits per heavy atom. The van der Waals surface area contributed by atoms with E-state index >= 15 is 0 Å². The third-order valence-corrected chi connectivity index (χ3v) is 8.43. The number of esters is 1. The smallest absolute Gasteiger partial charge is 0.408 e. The van der Waals surface area contributed by atoms with E-state index in [2.05, 4.69) is 38.5 Å². The van der Waals surface area contributed by atoms with Crippen LogP contribution in [0.25, 0.3) is 0 Å². The molecule has 0 aliphatic rings. The van der Waals surface area contributed by atoms with E-state index in [0.717, 1.165) is 0 Å². The van der Waals surface area contributed by atoms with Gasteiger partial charge >= 0.3 is 12.1 Å². The number of rotatable bonds is 17. The van der Waals surface area contributed by atoms with Gasteiger partial charge < -0.3 is 65.4 Å². The number of anilines is 4. The molecule has 0 saturated heterocycles. The molecule has 0 aliphatic carbocycles. The van der Waals surface area contributed by atoms with Crippen LogP contribution in [0.5, 0.6) is 0 Å². The molecule has 1 atom stereocenters. The highest BCUT2D eigenvalue weighted by Crippen LogP contribution is 2.20. The molecule has 0 unspecified atom stereocenters. The fraction of sp³-hybridized carbons (Fsp3) is 0.359. The summed E-state index contributed by atoms with van der Waals surface area (Å²) in [6.07, 6.45) is 6.95. The molecule has 0 spiro atoms. The molecule has 4 rings (SSSR count). The van der Waals surface area contributed by atoms with E-state index in [1.54, 1.807) is 67.6 Å². The van der Waals surface area contributed by atoms with E-state index in [0.29, 0.717) is 22.7 Å². The highest BCUT2D eigenvalue weighted by Gasteiger charge is 2.25. The van der Waals surface area contributed by atoms with Crippen molar-refractivity contribution in [1.29, 1.82) is 0 Å². The van der Waals surface area contributed by atoms with Crippen molar-refractivity contribution in [2.24, 2.45) is 33.9 Å². The zero-order valence-corrected chi connectivity index (χ0v) is 34.1. The number of nitrogens with zero attached hydrogens (tertiary/aromatic N) is 4. The summed E-state index contributed by atoms with van der Waals surface area (Å²) >= 11 is 0. The van der Waals surface area contributed by atoms with Crippen molar-refractivity contribution < 1.29 is 43.0 Å². The number of hydrogen-bond donors (Lipinski definition) is 7. The number of carbonyl (C=O) groups is 7. The van der Waals surface area contributed by atoms with Gasteiger partial charge in [0.15, 0.2) is 0 Å². The average Bonchev–Trinajstić information content (AvgIpc) is 3.90. The molecule has 4 heterocycles. The van der Waals surface area contributed by atoms with Crippen molar-refractivity contribution in [3.63, 3.8) is 0 Å². The monoisotopic (exact) mass is 817 g/mol. The van der Waals surface area contributed by atoms with Crippen LogP contribution in [0.4, 0.5) is 27.5 Å². The first-order valence-corrected chi connectivity index (χ1v) is 18.4. The van der Waals surface area contributed by atoms with Gasteiger partial charge in [-0.2, -0.15) is 0 Å². The Morgan fingerprint density at radius 1 is 0.712 bits per heavy atom. The van der Waals surface area contributed by atoms with Crippen molar-refractivity contribution >= 4 is 64.3 Å². The summed E-state index contributed by atoms with van der Waals surface area (Å²) in [6, 6.07) is 4.93. The van der Waals surface area contributed by atoms with Gasteiger partial charge in [0.2, 0.25) is 11.8 Å². The number of aromatic nitrogens is 4. The Morgan fingerprint density at radius 2 is 1.17 bits per heavy atom. The predicted octanol–water partition coefficient (Wildman–Crippen LogP) is 2.83. The van der Waals surface area contributed by atoms with Crippen molar-refractivity contribution in [2.45, 2.75) is 45.3 Å². The molecule has 20 nitrogen and oxygen atoms in total. The van der Waals surface area contributed by atoms with Gasteiger partial charge in [0.25, 0.3) is 17.7 Å². The normalized spacial score (nSPS) is 11.5. The van der Waals surface area contributed by atoms with E-state index in [1.807, 2.05) is 0 Å². The van der Waals surface area contributed by atoms with Crippen LogP contribution in [0.15, 0.2) is 61.7 Å². The van der Waals surface area contributed by atoms with Gasteiger partial charge in [-0.1, -0.05) is 12.7 Å². The molecule has 4 aromatic heterocycles. The van der Waals surface area contributed by atoms with Crippen LogP contribution >= 0.6 is 0 Å². The minimum absolute atomic E-state index is 0.0133. The first-order valence-electron chi connectivity index (χ1n) is 18.4. The maximum atomic E-state index is 13.2. The Bertz CT molecular complexity index is 2240. The van der Waals surface area contributed by atoms with Crippen LogP contribution in [-0.4, -0.2) is 91.2 Å². The van der Waals surface area contributed by atoms with Crippen LogP contribution in [0, 0.1) is 0 Å². The molecule has 8 N–H and O–H groups in total. The minimum Gasteiger partial charge on any atom is -0.457 e. The second-order valence-electron chi connectivity index (χ2n) is 14.5. The van der Waals surface area contributed by atoms with Crippen LogP contribution < -0.4 is 37.6 Å². The van der Waals surface area contributed by atoms with Crippen molar-refractivity contribution in [3.05, 3.63) is 84.5 Å². The summed E-state index contributed by atoms with van der Waals surface area (Å²) in [5.74, 6) is -3.02. The topological polar surface area (TPSA) is 256 Å². The first kappa shape index (κ1) is 44.6. The molecule has 4 aromatic rings. The molecular formula is C39H51N11O9. The Labute approximate surface area is 340 Å². The second kappa shape index (κ2) is 19.4. The van der Waals surface area contributed by atoms with Crippen LogP contribution in [-0.2, 0) is 47.3 Å². The molecule has 0 bridgehead atoms. The fourth-order valence-electron chi connectivity index (χ4n) is 5.73. The van der Waals surface area contributed by atoms with Crippen molar-refractivity contribution in [2.75, 3.05) is 41.0 Å². The first-order chi connectivity index (χ1) is 27.8. The summed E-state index contributed by atoms with van der Waals surface area (Å²) in [7, 11) is 6.51. The number of aryl methyl sites for hydroxylation is 4. The highest BCUT2D eigenvalue weighted by molar-refractivity contribution is 6.07. The summed E-state index contributed by atoms with van der Waals surface area (Å²) in [6.45, 7) is 8.77. The molecule has 0 fully saturated rings. The lowest BCUT2D eigenvalue weighted by Gasteiger charge is -2.23. The molecule has 0 radical (unpaired) electrons. The SMILES string of the molecule is C=CCOC(=O)c1cc(NC(=O)c2cc(NC(=O)CCNC(=O)c3cc(NC(=O)c4cc(NC(=O)[C@H](CCN)NC(=O)OC(C)(C)C)cn4C)cn3C)cn2C)cn1C. The van der Waals surface area contributed by atoms with Gasteiger partial charge in [0.05, 0.1) is 22.7 Å². The predicted molar refractivity (Wildman–Crippen MR) is 219 cm³/mol. The summed E-state index contributed by atoms with van der Waals surface area (Å²) in [5, 5.41) is 16.1. The number of hydrogen-bond acceptors (Lipinski definition) is 10. The van der Waals surface area contributed by atoms with E-state index in [9.17, 15) is 33.6 Å². The average molecular weight is 818 g/mol. The van der Waals surface area contributed by atoms with Gasteiger partial charge in [-0.3, -0.25) is 24.0 Å². The third-order valence-electron chi connectivity index (χ3n) is 8.43. The van der Waals surface area contributed by atoms with Crippen LogP contribution in [0.3, 0.4) is 0 Å². The van der Waals surface area contributed by atoms with E-state index < -0.39 is 53.2 Å². The maximum absolute atomic E-state index is 13.2. The Hall–Kier alpha value is -7.09. The van der Waals surface area contributed by atoms with E-state index in [4.69, 9.17) is 15.2 Å². The fourth-order valence-corrected chi connectivity index (χ4v) is 5.73. The number of ether oxygens (including phenoxy) is 2. The summed E-state index contributed by atoms with van der Waals surface area (Å²) in [5.41, 5.74) is 7.11. The van der Waals surface area contributed by atoms with Gasteiger partial charge in [-0.25, -0.2) is 9.59 Å². The number of amides is 6. The molecule has 59 heavy (non-hydrogen) atoms. The summed E-state index contributed by atoms with van der Waals surface area (Å²) in [4.78, 5) is 89.4. The Kier molecular flexibility index (Phi) is 14.7. The number of nitrogens with one attached hydrogen (secondary N) is 6. The lowest BCUT2D eigenvalue weighted by molar-refractivity contribution is -0.118. The standard InChI is InChI=1S/C39H51N11O9/c1-9-14-58-37(56)31-18-26(22-50(31)8)45-35(54)29-15-23(19-48(29)6)42-32(51)11-13-41-34(53)28-16-25(21-47(28)5)44-36(55)30-17-24(20-49(30)7)43-33(52)27(10-12-40)46-38(57)59-39(2,3)4/h9,15-22,27H,1,10-14,40H2,2-8H3,(H,41,53)(H,42,51)(H,43,52)(H,44,55)(H,45,54)(H,46,57)/t27-/m0/s1. The largest absolute Gasteiger partial charge is 0.457 e. The molecule has 316 valence electrons. The van der Waals surface area contributed by atoms with Gasteiger partial charge in [0.1, 0.15) is 41.0 Å². The molecule has 0 saturated carbocycles. The van der Waals surface area contributed by atoms with E-state index in [-0.39, 0.29) is 55.3 Å². The van der Waals surface area contributed by atoms with Crippen molar-refractivity contribution in [3.8, 4) is 0 Å². The molecular weight excluding hydrogens is 766 g/mol. The highest BCUT2D eigenvalue weighted by atomic mass is 16.6. The maximum Gasteiger partial charge on any atom is 0.408 e. The summed E-state index contributed by atoms with van der Waals surface area (Å²) < 4.78 is 16.4. The number of carbonyl (C=O) groups excluding carboxylic acids is 7. The Balaban J connectivity index is 1.27. The number of alkyl carbamates (subject to hydrolysis) is 1. The van der Waals surface area contributed by atoms with Crippen LogP contribution in [0.2, 0.25) is 0 Å². The lowest BCUT2D eigenvalue weighted by Crippen LogP contribution is -2.46. The zero-order chi connectivity index (χ0) is 43.6. The van der Waals surface area contributed by atoms with Gasteiger partial charge in [0, 0.05) is 65.9 Å². The molecule has 6 amide bonds. The van der Waals surface area contributed by atoms with Crippen LogP contribution in [0.1, 0.15) is 75.6 Å².